The van der Waals surface area contributed by atoms with Crippen LogP contribution in [0.4, 0.5) is 0 Å². The van der Waals surface area contributed by atoms with Gasteiger partial charge in [0, 0.05) is 17.1 Å². The van der Waals surface area contributed by atoms with Gasteiger partial charge in [-0.15, -0.1) is 0 Å². The fraction of sp³-hybridized carbons (Fsp3) is 0.0588. The van der Waals surface area contributed by atoms with E-state index in [1.165, 1.54) is 0 Å². The van der Waals surface area contributed by atoms with Gasteiger partial charge in [-0.3, -0.25) is 4.98 Å². The lowest BCUT2D eigenvalue weighted by Gasteiger charge is -2.09. The average Bonchev–Trinajstić information content (AvgIpc) is 2.53. The van der Waals surface area contributed by atoms with E-state index in [0.29, 0.717) is 11.6 Å². The first kappa shape index (κ1) is 13.5. The van der Waals surface area contributed by atoms with Crippen molar-refractivity contribution >= 4 is 28.1 Å². The molecular formula is C17H14N2OS. The molecular weight excluding hydrogens is 280 g/mol. The SMILES string of the molecule is NC(=S)c1ccc(COc2cccc3cccnc23)cc1. The van der Waals surface area contributed by atoms with Crippen LogP contribution in [0.25, 0.3) is 10.9 Å². The molecule has 0 aliphatic rings. The van der Waals surface area contributed by atoms with Crippen LogP contribution in [-0.4, -0.2) is 9.97 Å². The molecule has 0 unspecified atom stereocenters. The number of hydrogen-bond donors (Lipinski definition) is 1. The second-order valence-electron chi connectivity index (χ2n) is 4.68. The second-order valence-corrected chi connectivity index (χ2v) is 5.12. The van der Waals surface area contributed by atoms with Gasteiger partial charge in [-0.1, -0.05) is 54.7 Å². The van der Waals surface area contributed by atoms with E-state index in [0.717, 1.165) is 27.8 Å². The number of hydrogen-bond acceptors (Lipinski definition) is 3. The fourth-order valence-electron chi connectivity index (χ4n) is 2.12. The van der Waals surface area contributed by atoms with Gasteiger partial charge in [0.2, 0.25) is 0 Å². The molecule has 2 aromatic carbocycles. The third-order valence-electron chi connectivity index (χ3n) is 3.23. The Labute approximate surface area is 128 Å². The average molecular weight is 294 g/mol. The maximum absolute atomic E-state index is 5.88. The Kier molecular flexibility index (Phi) is 3.79. The van der Waals surface area contributed by atoms with E-state index in [2.05, 4.69) is 4.98 Å². The number of rotatable bonds is 4. The van der Waals surface area contributed by atoms with Crippen molar-refractivity contribution in [1.29, 1.82) is 0 Å². The summed E-state index contributed by atoms with van der Waals surface area (Å²) in [5.74, 6) is 0.784. The molecule has 0 saturated heterocycles. The molecule has 3 aromatic rings. The Hall–Kier alpha value is -2.46. The Morgan fingerprint density at radius 3 is 2.57 bits per heavy atom. The van der Waals surface area contributed by atoms with Gasteiger partial charge in [0.25, 0.3) is 0 Å². The number of fused-ring (bicyclic) bond motifs is 1. The van der Waals surface area contributed by atoms with Crippen LogP contribution in [-0.2, 0) is 6.61 Å². The van der Waals surface area contributed by atoms with E-state index >= 15 is 0 Å². The zero-order valence-electron chi connectivity index (χ0n) is 11.3. The van der Waals surface area contributed by atoms with Gasteiger partial charge < -0.3 is 10.5 Å². The Morgan fingerprint density at radius 1 is 1.05 bits per heavy atom. The van der Waals surface area contributed by atoms with Crippen molar-refractivity contribution in [2.24, 2.45) is 5.73 Å². The molecule has 0 amide bonds. The predicted octanol–water partition coefficient (Wildman–Crippen LogP) is 3.45. The predicted molar refractivity (Wildman–Crippen MR) is 88.4 cm³/mol. The number of pyridine rings is 1. The minimum absolute atomic E-state index is 0.403. The quantitative estimate of drug-likeness (QED) is 0.749. The summed E-state index contributed by atoms with van der Waals surface area (Å²) < 4.78 is 5.88. The van der Waals surface area contributed by atoms with Gasteiger partial charge >= 0.3 is 0 Å². The van der Waals surface area contributed by atoms with Gasteiger partial charge in [0.15, 0.2) is 0 Å². The Morgan fingerprint density at radius 2 is 1.81 bits per heavy atom. The van der Waals surface area contributed by atoms with Crippen molar-refractivity contribution in [2.45, 2.75) is 6.61 Å². The van der Waals surface area contributed by atoms with Crippen LogP contribution in [0.2, 0.25) is 0 Å². The van der Waals surface area contributed by atoms with E-state index in [4.69, 9.17) is 22.7 Å². The van der Waals surface area contributed by atoms with Crippen molar-refractivity contribution in [1.82, 2.24) is 4.98 Å². The van der Waals surface area contributed by atoms with Crippen LogP contribution >= 0.6 is 12.2 Å². The molecule has 1 heterocycles. The van der Waals surface area contributed by atoms with Crippen molar-refractivity contribution < 1.29 is 4.74 Å². The molecule has 0 aliphatic heterocycles. The second kappa shape index (κ2) is 5.89. The van der Waals surface area contributed by atoms with Crippen LogP contribution < -0.4 is 10.5 Å². The number of ether oxygens (including phenoxy) is 1. The summed E-state index contributed by atoms with van der Waals surface area (Å²) in [5, 5.41) is 1.07. The maximum Gasteiger partial charge on any atom is 0.146 e. The summed E-state index contributed by atoms with van der Waals surface area (Å²) >= 11 is 4.94. The molecule has 2 N–H and O–H groups in total. The zero-order chi connectivity index (χ0) is 14.7. The summed E-state index contributed by atoms with van der Waals surface area (Å²) in [6, 6.07) is 17.6. The molecule has 0 radical (unpaired) electrons. The van der Waals surface area contributed by atoms with Gasteiger partial charge in [-0.25, -0.2) is 0 Å². The molecule has 0 atom stereocenters. The maximum atomic E-state index is 5.88. The molecule has 4 heteroatoms. The standard InChI is InChI=1S/C17H14N2OS/c18-17(21)14-8-6-12(7-9-14)11-20-15-5-1-3-13-4-2-10-19-16(13)15/h1-10H,11H2,(H2,18,21). The van der Waals surface area contributed by atoms with E-state index in [1.807, 2.05) is 54.6 Å². The Balaban J connectivity index is 1.79. The van der Waals surface area contributed by atoms with Crippen LogP contribution in [0.1, 0.15) is 11.1 Å². The summed E-state index contributed by atoms with van der Waals surface area (Å²) in [7, 11) is 0. The normalized spacial score (nSPS) is 10.5. The third kappa shape index (κ3) is 3.01. The highest BCUT2D eigenvalue weighted by atomic mass is 32.1. The molecule has 21 heavy (non-hydrogen) atoms. The molecule has 1 aromatic heterocycles. The lowest BCUT2D eigenvalue weighted by atomic mass is 10.1. The van der Waals surface area contributed by atoms with Crippen LogP contribution in [0, 0.1) is 0 Å². The number of benzene rings is 2. The summed E-state index contributed by atoms with van der Waals surface area (Å²) in [5.41, 5.74) is 8.38. The van der Waals surface area contributed by atoms with Crippen LogP contribution in [0.15, 0.2) is 60.8 Å². The van der Waals surface area contributed by atoms with Crippen molar-refractivity contribution in [3.05, 3.63) is 71.9 Å². The Bertz CT molecular complexity index is 779. The molecule has 3 nitrogen and oxygen atoms in total. The third-order valence-corrected chi connectivity index (χ3v) is 3.46. The topological polar surface area (TPSA) is 48.1 Å². The van der Waals surface area contributed by atoms with Crippen LogP contribution in [0.3, 0.4) is 0 Å². The first-order valence-electron chi connectivity index (χ1n) is 6.59. The highest BCUT2D eigenvalue weighted by Gasteiger charge is 2.03. The van der Waals surface area contributed by atoms with Crippen molar-refractivity contribution in [3.63, 3.8) is 0 Å². The number of nitrogens with two attached hydrogens (primary N) is 1. The number of thiocarbonyl (C=S) groups is 1. The largest absolute Gasteiger partial charge is 0.487 e. The molecule has 0 saturated carbocycles. The molecule has 0 spiro atoms. The summed E-state index contributed by atoms with van der Waals surface area (Å²) in [4.78, 5) is 4.78. The molecule has 104 valence electrons. The molecule has 0 bridgehead atoms. The number of aromatic nitrogens is 1. The molecule has 0 aliphatic carbocycles. The van der Waals surface area contributed by atoms with Crippen molar-refractivity contribution in [3.8, 4) is 5.75 Å². The first-order chi connectivity index (χ1) is 10.2. The van der Waals surface area contributed by atoms with Gasteiger partial charge in [-0.05, 0) is 17.7 Å². The molecule has 0 fully saturated rings. The zero-order valence-corrected chi connectivity index (χ0v) is 12.1. The van der Waals surface area contributed by atoms with Crippen molar-refractivity contribution in [2.75, 3.05) is 0 Å². The molecule has 3 rings (SSSR count). The minimum atomic E-state index is 0.403. The smallest absolute Gasteiger partial charge is 0.146 e. The van der Waals surface area contributed by atoms with Gasteiger partial charge in [0.1, 0.15) is 22.9 Å². The monoisotopic (exact) mass is 294 g/mol. The highest BCUT2D eigenvalue weighted by molar-refractivity contribution is 7.80. The van der Waals surface area contributed by atoms with E-state index < -0.39 is 0 Å². The van der Waals surface area contributed by atoms with E-state index in [-0.39, 0.29) is 0 Å². The lowest BCUT2D eigenvalue weighted by Crippen LogP contribution is -2.09. The van der Waals surface area contributed by atoms with Gasteiger partial charge in [-0.2, -0.15) is 0 Å². The van der Waals surface area contributed by atoms with E-state index in [9.17, 15) is 0 Å². The fourth-order valence-corrected chi connectivity index (χ4v) is 2.26. The highest BCUT2D eigenvalue weighted by Crippen LogP contribution is 2.23. The van der Waals surface area contributed by atoms with Gasteiger partial charge in [0.05, 0.1) is 0 Å². The van der Waals surface area contributed by atoms with Crippen LogP contribution in [0.5, 0.6) is 5.75 Å². The number of para-hydroxylation sites is 1. The first-order valence-corrected chi connectivity index (χ1v) is 7.00. The number of nitrogens with zero attached hydrogens (tertiary/aromatic N) is 1. The summed E-state index contributed by atoms with van der Waals surface area (Å²) in [6.07, 6.45) is 1.77. The lowest BCUT2D eigenvalue weighted by molar-refractivity contribution is 0.309. The van der Waals surface area contributed by atoms with E-state index in [1.54, 1.807) is 6.20 Å². The summed E-state index contributed by atoms with van der Waals surface area (Å²) in [6.45, 7) is 0.479. The minimum Gasteiger partial charge on any atom is -0.487 e.